The van der Waals surface area contributed by atoms with Crippen LogP contribution in [0.1, 0.15) is 6.42 Å². The van der Waals surface area contributed by atoms with Gasteiger partial charge in [0.25, 0.3) is 0 Å². The molecule has 9 heavy (non-hydrogen) atoms. The lowest BCUT2D eigenvalue weighted by atomic mass is 10.5. The summed E-state index contributed by atoms with van der Waals surface area (Å²) in [6, 6.07) is 0. The van der Waals surface area contributed by atoms with E-state index in [0.29, 0.717) is 12.5 Å². The first-order chi connectivity index (χ1) is 4.31. The zero-order chi connectivity index (χ0) is 7.11. The van der Waals surface area contributed by atoms with Crippen LogP contribution in [0.15, 0.2) is 0 Å². The molecule has 0 N–H and O–H groups in total. The number of carbonyl (C=O) groups excluding carboxylic acids is 1. The van der Waals surface area contributed by atoms with E-state index in [2.05, 4.69) is 20.7 Å². The summed E-state index contributed by atoms with van der Waals surface area (Å²) < 4.78 is 4.66. The second-order valence-electron chi connectivity index (χ2n) is 1.40. The molecule has 0 aliphatic carbocycles. The number of hydrogen-bond acceptors (Lipinski definition) is 2. The van der Waals surface area contributed by atoms with Crippen molar-refractivity contribution in [3.63, 3.8) is 0 Å². The van der Waals surface area contributed by atoms with Crippen LogP contribution in [0.3, 0.4) is 0 Å². The molecule has 0 aromatic heterocycles. The molecule has 0 aromatic rings. The van der Waals surface area contributed by atoms with E-state index in [0.717, 1.165) is 6.42 Å². The van der Waals surface area contributed by atoms with E-state index in [1.54, 1.807) is 0 Å². The summed E-state index contributed by atoms with van der Waals surface area (Å²) in [5.41, 5.74) is 0. The van der Waals surface area contributed by atoms with Gasteiger partial charge in [0, 0.05) is 5.88 Å². The monoisotopic (exact) mass is 214 g/mol. The molecule has 0 heterocycles. The van der Waals surface area contributed by atoms with E-state index in [1.165, 1.54) is 0 Å². The lowest BCUT2D eigenvalue weighted by Crippen LogP contribution is -2.06. The highest BCUT2D eigenvalue weighted by Crippen LogP contribution is 1.89. The SMILES string of the molecule is O=C(CBr)OCCCCl. The molecule has 0 amide bonds. The van der Waals surface area contributed by atoms with Gasteiger partial charge in [-0.1, -0.05) is 15.9 Å². The minimum Gasteiger partial charge on any atom is -0.465 e. The number of esters is 1. The molecule has 0 saturated carbocycles. The Kier molecular flexibility index (Phi) is 6.53. The van der Waals surface area contributed by atoms with Crippen molar-refractivity contribution >= 4 is 33.5 Å². The molecule has 0 fully saturated rings. The van der Waals surface area contributed by atoms with E-state index in [4.69, 9.17) is 11.6 Å². The summed E-state index contributed by atoms with van der Waals surface area (Å²) >= 11 is 8.28. The van der Waals surface area contributed by atoms with E-state index in [-0.39, 0.29) is 11.3 Å². The van der Waals surface area contributed by atoms with Crippen molar-refractivity contribution < 1.29 is 9.53 Å². The first-order valence-corrected chi connectivity index (χ1v) is 4.24. The molecule has 4 heteroatoms. The second kappa shape index (κ2) is 6.36. The minimum atomic E-state index is -0.236. The molecule has 0 radical (unpaired) electrons. The molecule has 0 rings (SSSR count). The van der Waals surface area contributed by atoms with Crippen molar-refractivity contribution in [2.24, 2.45) is 0 Å². The molecule has 0 aromatic carbocycles. The Morgan fingerprint density at radius 1 is 1.67 bits per heavy atom. The first-order valence-electron chi connectivity index (χ1n) is 2.58. The van der Waals surface area contributed by atoms with Crippen LogP contribution in [0.2, 0.25) is 0 Å². The fourth-order valence-corrected chi connectivity index (χ4v) is 0.550. The molecular weight excluding hydrogens is 207 g/mol. The van der Waals surface area contributed by atoms with E-state index in [1.807, 2.05) is 0 Å². The van der Waals surface area contributed by atoms with Crippen LogP contribution in [0.5, 0.6) is 0 Å². The smallest absolute Gasteiger partial charge is 0.316 e. The fraction of sp³-hybridized carbons (Fsp3) is 0.800. The maximum Gasteiger partial charge on any atom is 0.316 e. The number of ether oxygens (including phenoxy) is 1. The highest BCUT2D eigenvalue weighted by molar-refractivity contribution is 9.09. The molecule has 0 saturated heterocycles. The Bertz CT molecular complexity index is 87.0. The highest BCUT2D eigenvalue weighted by atomic mass is 79.9. The van der Waals surface area contributed by atoms with E-state index in [9.17, 15) is 4.79 Å². The minimum absolute atomic E-state index is 0.236. The van der Waals surface area contributed by atoms with Gasteiger partial charge >= 0.3 is 5.97 Å². The standard InChI is InChI=1S/C5H8BrClO2/c6-4-5(8)9-3-1-2-7/h1-4H2. The molecule has 0 bridgehead atoms. The van der Waals surface area contributed by atoms with Crippen LogP contribution in [-0.2, 0) is 9.53 Å². The highest BCUT2D eigenvalue weighted by Gasteiger charge is 1.96. The first kappa shape index (κ1) is 9.24. The molecule has 0 aliphatic rings. The van der Waals surface area contributed by atoms with Crippen molar-refractivity contribution in [1.82, 2.24) is 0 Å². The molecule has 0 spiro atoms. The summed E-state index contributed by atoms with van der Waals surface area (Å²) in [5, 5.41) is 0.259. The van der Waals surface area contributed by atoms with Gasteiger partial charge in [0.1, 0.15) is 5.33 Å². The van der Waals surface area contributed by atoms with Gasteiger partial charge < -0.3 is 4.74 Å². The normalized spacial score (nSPS) is 9.11. The number of hydrogen-bond donors (Lipinski definition) is 0. The molecule has 0 aliphatic heterocycles. The average Bonchev–Trinajstić information content (AvgIpc) is 1.89. The zero-order valence-corrected chi connectivity index (χ0v) is 7.24. The molecule has 54 valence electrons. The second-order valence-corrected chi connectivity index (χ2v) is 2.34. The number of alkyl halides is 2. The Morgan fingerprint density at radius 2 is 2.33 bits per heavy atom. The molecular formula is C5H8BrClO2. The van der Waals surface area contributed by atoms with Crippen molar-refractivity contribution in [3.05, 3.63) is 0 Å². The predicted octanol–water partition coefficient (Wildman–Crippen LogP) is 1.55. The number of halogens is 2. The van der Waals surface area contributed by atoms with Crippen molar-refractivity contribution in [2.45, 2.75) is 6.42 Å². The summed E-state index contributed by atoms with van der Waals surface area (Å²) in [5.74, 6) is 0.301. The van der Waals surface area contributed by atoms with E-state index >= 15 is 0 Å². The van der Waals surface area contributed by atoms with Gasteiger partial charge in [0.05, 0.1) is 6.61 Å². The van der Waals surface area contributed by atoms with Crippen molar-refractivity contribution in [3.8, 4) is 0 Å². The van der Waals surface area contributed by atoms with Gasteiger partial charge in [0.2, 0.25) is 0 Å². The van der Waals surface area contributed by atoms with Gasteiger partial charge in [-0.2, -0.15) is 0 Å². The van der Waals surface area contributed by atoms with Crippen LogP contribution >= 0.6 is 27.5 Å². The van der Waals surface area contributed by atoms with Gasteiger partial charge in [-0.15, -0.1) is 11.6 Å². The Labute approximate surface area is 67.6 Å². The number of carbonyl (C=O) groups is 1. The van der Waals surface area contributed by atoms with Gasteiger partial charge in [-0.25, -0.2) is 0 Å². The largest absolute Gasteiger partial charge is 0.465 e. The number of rotatable bonds is 4. The third-order valence-corrected chi connectivity index (χ3v) is 1.38. The Morgan fingerprint density at radius 3 is 2.78 bits per heavy atom. The third kappa shape index (κ3) is 6.12. The lowest BCUT2D eigenvalue weighted by Gasteiger charge is -1.98. The fourth-order valence-electron chi connectivity index (χ4n) is 0.279. The summed E-state index contributed by atoms with van der Waals surface area (Å²) in [7, 11) is 0. The summed E-state index contributed by atoms with van der Waals surface area (Å²) in [4.78, 5) is 10.4. The van der Waals surface area contributed by atoms with Gasteiger partial charge in [0.15, 0.2) is 0 Å². The van der Waals surface area contributed by atoms with Crippen molar-refractivity contribution in [1.29, 1.82) is 0 Å². The Hall–Kier alpha value is 0.240. The zero-order valence-electron chi connectivity index (χ0n) is 4.90. The topological polar surface area (TPSA) is 26.3 Å². The van der Waals surface area contributed by atoms with Gasteiger partial charge in [-0.05, 0) is 6.42 Å². The molecule has 0 unspecified atom stereocenters. The average molecular weight is 215 g/mol. The van der Waals surface area contributed by atoms with E-state index < -0.39 is 0 Å². The maximum absolute atomic E-state index is 10.4. The molecule has 2 nitrogen and oxygen atoms in total. The van der Waals surface area contributed by atoms with Crippen LogP contribution in [-0.4, -0.2) is 23.8 Å². The van der Waals surface area contributed by atoms with Gasteiger partial charge in [-0.3, -0.25) is 4.79 Å². The Balaban J connectivity index is 2.97. The quantitative estimate of drug-likeness (QED) is 0.404. The summed E-state index contributed by atoms with van der Waals surface area (Å²) in [6.45, 7) is 0.425. The maximum atomic E-state index is 10.4. The van der Waals surface area contributed by atoms with Crippen LogP contribution in [0, 0.1) is 0 Å². The predicted molar refractivity (Wildman–Crippen MR) is 40.1 cm³/mol. The third-order valence-electron chi connectivity index (χ3n) is 0.650. The van der Waals surface area contributed by atoms with Crippen LogP contribution < -0.4 is 0 Å². The van der Waals surface area contributed by atoms with Crippen LogP contribution in [0.25, 0.3) is 0 Å². The summed E-state index contributed by atoms with van der Waals surface area (Å²) in [6.07, 6.45) is 0.723. The lowest BCUT2D eigenvalue weighted by molar-refractivity contribution is -0.140. The molecule has 0 atom stereocenters. The van der Waals surface area contributed by atoms with Crippen LogP contribution in [0.4, 0.5) is 0 Å². The van der Waals surface area contributed by atoms with Crippen molar-refractivity contribution in [2.75, 3.05) is 17.8 Å².